The van der Waals surface area contributed by atoms with E-state index >= 15 is 0 Å². The number of nitrogens with one attached hydrogen (secondary N) is 1. The molecule has 1 aromatic carbocycles. The molecule has 2 aromatic rings. The second kappa shape index (κ2) is 11.7. The molecule has 14 heteroatoms. The van der Waals surface area contributed by atoms with Gasteiger partial charge in [-0.05, 0) is 26.0 Å². The van der Waals surface area contributed by atoms with Crippen molar-refractivity contribution in [2.24, 2.45) is 4.99 Å². The van der Waals surface area contributed by atoms with Crippen LogP contribution in [0.25, 0.3) is 0 Å². The molecule has 11 nitrogen and oxygen atoms in total. The number of aliphatic imine (C=N–C) groups is 1. The van der Waals surface area contributed by atoms with E-state index in [0.717, 1.165) is 6.07 Å². The van der Waals surface area contributed by atoms with Gasteiger partial charge in [0.15, 0.2) is 10.8 Å². The SMILES string of the molecule is COC(=O)C1=C(CN2CCN3C(=O)N(C(C)C)C[C@@H]3[C@H]2C(=O)OC)NC(c2nccs2)=N[C@H]1c1ccc(F)cc1Cl. The molecule has 5 rings (SSSR count). The van der Waals surface area contributed by atoms with Crippen LogP contribution >= 0.6 is 22.9 Å². The Hall–Kier alpha value is -3.55. The van der Waals surface area contributed by atoms with E-state index in [9.17, 15) is 18.8 Å². The number of methoxy groups -OCH3 is 2. The Labute approximate surface area is 245 Å². The summed E-state index contributed by atoms with van der Waals surface area (Å²) in [4.78, 5) is 54.0. The van der Waals surface area contributed by atoms with Gasteiger partial charge in [-0.25, -0.2) is 19.0 Å². The molecule has 2 fully saturated rings. The number of halogens is 2. The number of carbonyl (C=O) groups excluding carboxylic acids is 3. The molecule has 4 heterocycles. The van der Waals surface area contributed by atoms with Gasteiger partial charge in [-0.1, -0.05) is 17.7 Å². The first-order valence-corrected chi connectivity index (χ1v) is 14.3. The number of rotatable bonds is 7. The third-order valence-electron chi connectivity index (χ3n) is 7.51. The van der Waals surface area contributed by atoms with Gasteiger partial charge in [0.2, 0.25) is 0 Å². The van der Waals surface area contributed by atoms with Gasteiger partial charge in [-0.3, -0.25) is 14.7 Å². The quantitative estimate of drug-likeness (QED) is 0.480. The monoisotopic (exact) mass is 604 g/mol. The van der Waals surface area contributed by atoms with E-state index < -0.39 is 35.9 Å². The van der Waals surface area contributed by atoms with Gasteiger partial charge in [0.1, 0.15) is 17.9 Å². The average molecular weight is 605 g/mol. The fraction of sp³-hybridized carbons (Fsp3) is 0.444. The molecule has 0 aliphatic carbocycles. The van der Waals surface area contributed by atoms with Crippen LogP contribution in [0.2, 0.25) is 5.02 Å². The number of fused-ring (bicyclic) bond motifs is 1. The standard InChI is InChI=1S/C27H30ClFN6O5S/c1-14(2)35-13-19-22(26(37)40-4)33(8-9-34(19)27(35)38)12-18-20(25(36)39-3)21(16-6-5-15(29)11-17(16)28)32-23(31-18)24-30-7-10-41-24/h5-7,10-11,14,19,21-22H,8-9,12-13H2,1-4H3,(H,31,32)/t19-,21+,22+/m1/s1. The molecule has 1 aromatic heterocycles. The summed E-state index contributed by atoms with van der Waals surface area (Å²) in [5.41, 5.74) is 0.998. The average Bonchev–Trinajstić information content (AvgIpc) is 3.60. The minimum atomic E-state index is -0.937. The molecule has 0 radical (unpaired) electrons. The van der Waals surface area contributed by atoms with Crippen LogP contribution in [0.4, 0.5) is 9.18 Å². The number of amides is 2. The number of urea groups is 1. The molecule has 218 valence electrons. The van der Waals surface area contributed by atoms with Crippen LogP contribution in [-0.2, 0) is 19.1 Å². The highest BCUT2D eigenvalue weighted by Gasteiger charge is 2.50. The van der Waals surface area contributed by atoms with Gasteiger partial charge < -0.3 is 24.6 Å². The van der Waals surface area contributed by atoms with Crippen molar-refractivity contribution in [3.63, 3.8) is 0 Å². The smallest absolute Gasteiger partial charge is 0.338 e. The van der Waals surface area contributed by atoms with Gasteiger partial charge in [0, 0.05) is 60.1 Å². The number of benzene rings is 1. The molecule has 3 aliphatic heterocycles. The van der Waals surface area contributed by atoms with E-state index in [0.29, 0.717) is 41.7 Å². The topological polar surface area (TPSA) is 117 Å². The lowest BCUT2D eigenvalue weighted by molar-refractivity contribution is -0.150. The van der Waals surface area contributed by atoms with Crippen molar-refractivity contribution >= 4 is 46.7 Å². The predicted octanol–water partition coefficient (Wildman–Crippen LogP) is 2.83. The summed E-state index contributed by atoms with van der Waals surface area (Å²) in [6.07, 6.45) is 1.63. The Morgan fingerprint density at radius 2 is 2.02 bits per heavy atom. The fourth-order valence-corrected chi connectivity index (χ4v) is 6.40. The fourth-order valence-electron chi connectivity index (χ4n) is 5.54. The number of carbonyl (C=O) groups is 3. The number of thiazole rings is 1. The normalized spacial score (nSPS) is 23.0. The Balaban J connectivity index is 1.58. The van der Waals surface area contributed by atoms with Crippen molar-refractivity contribution in [1.82, 2.24) is 25.0 Å². The zero-order valence-corrected chi connectivity index (χ0v) is 24.5. The first kappa shape index (κ1) is 29.0. The van der Waals surface area contributed by atoms with Gasteiger partial charge in [-0.2, -0.15) is 0 Å². The first-order chi connectivity index (χ1) is 19.6. The van der Waals surface area contributed by atoms with Gasteiger partial charge in [0.05, 0.1) is 25.8 Å². The van der Waals surface area contributed by atoms with Crippen molar-refractivity contribution in [1.29, 1.82) is 0 Å². The molecular weight excluding hydrogens is 575 g/mol. The maximum Gasteiger partial charge on any atom is 0.338 e. The van der Waals surface area contributed by atoms with Crippen LogP contribution in [0, 0.1) is 5.82 Å². The van der Waals surface area contributed by atoms with Crippen LogP contribution in [0.5, 0.6) is 0 Å². The molecule has 0 spiro atoms. The number of hydrogen-bond acceptors (Lipinski definition) is 10. The largest absolute Gasteiger partial charge is 0.468 e. The highest BCUT2D eigenvalue weighted by Crippen LogP contribution is 2.37. The van der Waals surface area contributed by atoms with Crippen LogP contribution in [0.1, 0.15) is 30.5 Å². The summed E-state index contributed by atoms with van der Waals surface area (Å²) < 4.78 is 24.3. The van der Waals surface area contributed by atoms with E-state index in [-0.39, 0.29) is 29.2 Å². The minimum absolute atomic E-state index is 0.0354. The van der Waals surface area contributed by atoms with Crippen molar-refractivity contribution in [2.45, 2.75) is 38.0 Å². The molecule has 0 saturated carbocycles. The van der Waals surface area contributed by atoms with Crippen LogP contribution in [0.15, 0.2) is 46.0 Å². The minimum Gasteiger partial charge on any atom is -0.468 e. The molecule has 3 aliphatic rings. The molecule has 2 saturated heterocycles. The van der Waals surface area contributed by atoms with Crippen molar-refractivity contribution in [3.8, 4) is 0 Å². The number of esters is 2. The van der Waals surface area contributed by atoms with E-state index in [1.165, 1.54) is 37.7 Å². The van der Waals surface area contributed by atoms with E-state index in [2.05, 4.69) is 10.3 Å². The number of ether oxygens (including phenoxy) is 2. The summed E-state index contributed by atoms with van der Waals surface area (Å²) >= 11 is 7.80. The van der Waals surface area contributed by atoms with Crippen molar-refractivity contribution < 1.29 is 28.2 Å². The maximum absolute atomic E-state index is 14.0. The third kappa shape index (κ3) is 5.41. The molecule has 2 amide bonds. The molecule has 0 unspecified atom stereocenters. The summed E-state index contributed by atoms with van der Waals surface area (Å²) in [7, 11) is 2.57. The molecule has 0 bridgehead atoms. The Morgan fingerprint density at radius 3 is 2.66 bits per heavy atom. The molecular formula is C27H30ClFN6O5S. The molecule has 41 heavy (non-hydrogen) atoms. The zero-order chi connectivity index (χ0) is 29.4. The number of hydrogen-bond donors (Lipinski definition) is 1. The van der Waals surface area contributed by atoms with Crippen molar-refractivity contribution in [3.05, 3.63) is 62.5 Å². The van der Waals surface area contributed by atoms with E-state index in [1.54, 1.807) is 21.4 Å². The van der Waals surface area contributed by atoms with Crippen LogP contribution in [0.3, 0.4) is 0 Å². The zero-order valence-electron chi connectivity index (χ0n) is 23.0. The molecule has 1 N–H and O–H groups in total. The van der Waals surface area contributed by atoms with Crippen molar-refractivity contribution in [2.75, 3.05) is 40.4 Å². The Bertz CT molecular complexity index is 1420. The second-order valence-corrected chi connectivity index (χ2v) is 11.4. The highest BCUT2D eigenvalue weighted by atomic mass is 35.5. The molecule has 3 atom stereocenters. The van der Waals surface area contributed by atoms with Gasteiger partial charge in [0.25, 0.3) is 0 Å². The predicted molar refractivity (Wildman–Crippen MR) is 150 cm³/mol. The van der Waals surface area contributed by atoms with E-state index in [4.69, 9.17) is 26.1 Å². The number of piperazine rings is 1. The highest BCUT2D eigenvalue weighted by molar-refractivity contribution is 7.11. The van der Waals surface area contributed by atoms with Gasteiger partial charge >= 0.3 is 18.0 Å². The Kier molecular flexibility index (Phi) is 8.30. The summed E-state index contributed by atoms with van der Waals surface area (Å²) in [6, 6.07) is 1.58. The number of amidine groups is 1. The van der Waals surface area contributed by atoms with Crippen LogP contribution < -0.4 is 5.32 Å². The lowest BCUT2D eigenvalue weighted by Gasteiger charge is -2.43. The summed E-state index contributed by atoms with van der Waals surface area (Å²) in [5.74, 6) is -1.28. The van der Waals surface area contributed by atoms with E-state index in [1.807, 2.05) is 18.7 Å². The lowest BCUT2D eigenvalue weighted by Crippen LogP contribution is -2.62. The Morgan fingerprint density at radius 1 is 1.24 bits per heavy atom. The lowest BCUT2D eigenvalue weighted by atomic mass is 9.94. The maximum atomic E-state index is 14.0. The third-order valence-corrected chi connectivity index (χ3v) is 8.62. The first-order valence-electron chi connectivity index (χ1n) is 13.0. The number of aromatic nitrogens is 1. The summed E-state index contributed by atoms with van der Waals surface area (Å²) in [6.45, 7) is 5.07. The van der Waals surface area contributed by atoms with Crippen LogP contribution in [-0.4, -0.2) is 102 Å². The second-order valence-electron chi connectivity index (χ2n) is 10.1. The number of nitrogens with zero attached hydrogens (tertiary/aromatic N) is 5. The van der Waals surface area contributed by atoms with Gasteiger partial charge in [-0.15, -0.1) is 11.3 Å². The summed E-state index contributed by atoms with van der Waals surface area (Å²) in [5, 5.41) is 5.71.